The molecule has 0 aliphatic carbocycles. The maximum absolute atomic E-state index is 13.1. The summed E-state index contributed by atoms with van der Waals surface area (Å²) in [5.74, 6) is 0.507. The van der Waals surface area contributed by atoms with Crippen LogP contribution in [0, 0.1) is 5.82 Å². The molecule has 2 aromatic rings. The maximum Gasteiger partial charge on any atom is 0.123 e. The number of hydrogen-bond donors (Lipinski definition) is 1. The van der Waals surface area contributed by atoms with Gasteiger partial charge in [-0.25, -0.2) is 4.39 Å². The van der Waals surface area contributed by atoms with Gasteiger partial charge in [0, 0.05) is 10.5 Å². The van der Waals surface area contributed by atoms with Crippen LogP contribution in [0.25, 0.3) is 0 Å². The van der Waals surface area contributed by atoms with Crippen LogP contribution in [-0.2, 0) is 13.0 Å². The van der Waals surface area contributed by atoms with Crippen molar-refractivity contribution in [1.82, 2.24) is 0 Å². The predicted octanol–water partition coefficient (Wildman–Crippen LogP) is 4.06. The number of halogens is 2. The van der Waals surface area contributed by atoms with Crippen molar-refractivity contribution >= 4 is 15.9 Å². The summed E-state index contributed by atoms with van der Waals surface area (Å²) in [5.41, 5.74) is 7.74. The highest BCUT2D eigenvalue weighted by Crippen LogP contribution is 2.24. The molecule has 1 atom stereocenters. The summed E-state index contributed by atoms with van der Waals surface area (Å²) in [5, 5.41) is 0. The van der Waals surface area contributed by atoms with Crippen LogP contribution < -0.4 is 10.5 Å². The second-order valence-corrected chi connectivity index (χ2v) is 5.71. The molecule has 0 spiro atoms. The van der Waals surface area contributed by atoms with Crippen LogP contribution in [0.2, 0.25) is 0 Å². The van der Waals surface area contributed by atoms with Crippen LogP contribution in [0.5, 0.6) is 5.75 Å². The van der Waals surface area contributed by atoms with Crippen molar-refractivity contribution in [2.45, 2.75) is 26.0 Å². The Morgan fingerprint density at radius 3 is 2.75 bits per heavy atom. The van der Waals surface area contributed by atoms with E-state index in [0.29, 0.717) is 6.61 Å². The first-order valence-electron chi connectivity index (χ1n) is 6.46. The van der Waals surface area contributed by atoms with Crippen LogP contribution in [0.15, 0.2) is 46.9 Å². The Bertz CT molecular complexity index is 586. The molecule has 0 bridgehead atoms. The zero-order valence-electron chi connectivity index (χ0n) is 11.3. The molecule has 2 nitrogen and oxygen atoms in total. The molecule has 2 aromatic carbocycles. The van der Waals surface area contributed by atoms with Crippen molar-refractivity contribution < 1.29 is 9.13 Å². The van der Waals surface area contributed by atoms with Crippen LogP contribution in [0.1, 0.15) is 18.1 Å². The van der Waals surface area contributed by atoms with Crippen LogP contribution in [0.4, 0.5) is 4.39 Å². The molecule has 0 amide bonds. The largest absolute Gasteiger partial charge is 0.489 e. The van der Waals surface area contributed by atoms with Gasteiger partial charge in [-0.05, 0) is 54.8 Å². The third kappa shape index (κ3) is 4.32. The minimum Gasteiger partial charge on any atom is -0.489 e. The molecule has 0 saturated carbocycles. The lowest BCUT2D eigenvalue weighted by Crippen LogP contribution is -2.18. The van der Waals surface area contributed by atoms with Crippen molar-refractivity contribution in [2.24, 2.45) is 5.73 Å². The topological polar surface area (TPSA) is 35.2 Å². The van der Waals surface area contributed by atoms with E-state index in [9.17, 15) is 4.39 Å². The van der Waals surface area contributed by atoms with Crippen LogP contribution in [0.3, 0.4) is 0 Å². The summed E-state index contributed by atoms with van der Waals surface area (Å²) in [4.78, 5) is 0. The third-order valence-electron chi connectivity index (χ3n) is 2.85. The van der Waals surface area contributed by atoms with Gasteiger partial charge in [0.05, 0.1) is 0 Å². The van der Waals surface area contributed by atoms with Crippen molar-refractivity contribution in [3.63, 3.8) is 0 Å². The molecule has 2 N–H and O–H groups in total. The van der Waals surface area contributed by atoms with Crippen molar-refractivity contribution in [3.05, 3.63) is 63.9 Å². The monoisotopic (exact) mass is 337 g/mol. The van der Waals surface area contributed by atoms with Crippen LogP contribution in [-0.4, -0.2) is 6.04 Å². The van der Waals surface area contributed by atoms with Gasteiger partial charge in [-0.3, -0.25) is 0 Å². The van der Waals surface area contributed by atoms with E-state index in [0.717, 1.165) is 27.8 Å². The van der Waals surface area contributed by atoms with Gasteiger partial charge in [0.15, 0.2) is 0 Å². The van der Waals surface area contributed by atoms with Crippen molar-refractivity contribution in [1.29, 1.82) is 0 Å². The molecule has 0 radical (unpaired) electrons. The first kappa shape index (κ1) is 15.0. The smallest absolute Gasteiger partial charge is 0.123 e. The molecule has 0 heterocycles. The third-order valence-corrected chi connectivity index (χ3v) is 3.63. The van der Waals surface area contributed by atoms with Gasteiger partial charge in [-0.15, -0.1) is 0 Å². The Kier molecular flexibility index (Phi) is 5.15. The fraction of sp³-hybridized carbons (Fsp3) is 0.250. The Balaban J connectivity index is 2.06. The number of hydrogen-bond acceptors (Lipinski definition) is 2. The zero-order valence-corrected chi connectivity index (χ0v) is 12.9. The summed E-state index contributed by atoms with van der Waals surface area (Å²) in [6, 6.07) is 12.3. The lowest BCUT2D eigenvalue weighted by molar-refractivity contribution is 0.305. The number of nitrogens with two attached hydrogens (primary N) is 1. The van der Waals surface area contributed by atoms with E-state index in [1.807, 2.05) is 31.2 Å². The molecule has 0 aromatic heterocycles. The van der Waals surface area contributed by atoms with Gasteiger partial charge < -0.3 is 10.5 Å². The van der Waals surface area contributed by atoms with Gasteiger partial charge in [-0.2, -0.15) is 0 Å². The van der Waals surface area contributed by atoms with E-state index >= 15 is 0 Å². The maximum atomic E-state index is 13.1. The Morgan fingerprint density at radius 2 is 2.05 bits per heavy atom. The Labute approximate surface area is 126 Å². The van der Waals surface area contributed by atoms with Crippen LogP contribution >= 0.6 is 15.9 Å². The highest BCUT2D eigenvalue weighted by Gasteiger charge is 2.06. The zero-order chi connectivity index (χ0) is 14.5. The van der Waals surface area contributed by atoms with E-state index < -0.39 is 0 Å². The Morgan fingerprint density at radius 1 is 1.25 bits per heavy atom. The molecule has 106 valence electrons. The highest BCUT2D eigenvalue weighted by molar-refractivity contribution is 9.10. The molecule has 0 aliphatic heterocycles. The summed E-state index contributed by atoms with van der Waals surface area (Å²) in [6.45, 7) is 2.31. The fourth-order valence-electron chi connectivity index (χ4n) is 1.94. The van der Waals surface area contributed by atoms with Gasteiger partial charge in [-0.1, -0.05) is 28.1 Å². The second kappa shape index (κ2) is 6.86. The number of benzene rings is 2. The molecule has 0 saturated heterocycles. The molecule has 1 unspecified atom stereocenters. The number of rotatable bonds is 5. The van der Waals surface area contributed by atoms with Gasteiger partial charge >= 0.3 is 0 Å². The minimum atomic E-state index is -0.250. The van der Waals surface area contributed by atoms with E-state index in [2.05, 4.69) is 15.9 Å². The normalized spacial score (nSPS) is 12.2. The van der Waals surface area contributed by atoms with Gasteiger partial charge in [0.25, 0.3) is 0 Å². The highest BCUT2D eigenvalue weighted by atomic mass is 79.9. The molecule has 2 rings (SSSR count). The Hall–Kier alpha value is -1.39. The van der Waals surface area contributed by atoms with E-state index in [1.165, 1.54) is 12.1 Å². The summed E-state index contributed by atoms with van der Waals surface area (Å²) in [6.07, 6.45) is 0.776. The van der Waals surface area contributed by atoms with E-state index in [4.69, 9.17) is 10.5 Å². The first-order chi connectivity index (χ1) is 9.54. The molecular formula is C16H17BrFNO. The quantitative estimate of drug-likeness (QED) is 0.892. The first-order valence-corrected chi connectivity index (χ1v) is 7.25. The lowest BCUT2D eigenvalue weighted by atomic mass is 10.1. The SMILES string of the molecule is CC(N)Cc1cc(OCc2cccc(F)c2)ccc1Br. The lowest BCUT2D eigenvalue weighted by Gasteiger charge is -2.11. The second-order valence-electron chi connectivity index (χ2n) is 4.85. The average molecular weight is 338 g/mol. The minimum absolute atomic E-state index is 0.0877. The van der Waals surface area contributed by atoms with Gasteiger partial charge in [0.1, 0.15) is 18.2 Å². The average Bonchev–Trinajstić information content (AvgIpc) is 2.39. The summed E-state index contributed by atoms with van der Waals surface area (Å²) < 4.78 is 19.8. The number of ether oxygens (including phenoxy) is 1. The predicted molar refractivity (Wildman–Crippen MR) is 82.2 cm³/mol. The fourth-order valence-corrected chi connectivity index (χ4v) is 2.35. The summed E-state index contributed by atoms with van der Waals surface area (Å²) in [7, 11) is 0. The molecule has 20 heavy (non-hydrogen) atoms. The molecule has 0 fully saturated rings. The van der Waals surface area contributed by atoms with Crippen molar-refractivity contribution in [3.8, 4) is 5.75 Å². The van der Waals surface area contributed by atoms with Gasteiger partial charge in [0.2, 0.25) is 0 Å². The van der Waals surface area contributed by atoms with Crippen molar-refractivity contribution in [2.75, 3.05) is 0 Å². The standard InChI is InChI=1S/C16H17BrFNO/c1-11(19)7-13-9-15(5-6-16(13)17)20-10-12-3-2-4-14(18)8-12/h2-6,8-9,11H,7,10,19H2,1H3. The van der Waals surface area contributed by atoms with E-state index in [1.54, 1.807) is 6.07 Å². The summed E-state index contributed by atoms with van der Waals surface area (Å²) >= 11 is 3.50. The van der Waals surface area contributed by atoms with E-state index in [-0.39, 0.29) is 11.9 Å². The molecule has 0 aliphatic rings. The molecular weight excluding hydrogens is 321 g/mol. The molecule has 4 heteroatoms.